The molecule has 0 atom stereocenters. The number of amides is 1. The summed E-state index contributed by atoms with van der Waals surface area (Å²) in [4.78, 5) is 23.4. The van der Waals surface area contributed by atoms with Crippen molar-refractivity contribution in [3.63, 3.8) is 0 Å². The van der Waals surface area contributed by atoms with E-state index in [0.717, 1.165) is 12.1 Å². The van der Waals surface area contributed by atoms with Crippen LogP contribution in [0.1, 0.15) is 31.1 Å². The van der Waals surface area contributed by atoms with E-state index in [1.54, 1.807) is 20.8 Å². The van der Waals surface area contributed by atoms with E-state index in [4.69, 9.17) is 9.47 Å². The fraction of sp³-hybridized carbons (Fsp3) is 0.467. The molecule has 0 saturated carbocycles. The summed E-state index contributed by atoms with van der Waals surface area (Å²) in [5, 5.41) is 0. The van der Waals surface area contributed by atoms with Crippen LogP contribution in [0.2, 0.25) is 0 Å². The number of carbonyl (C=O) groups excluding carboxylic acids is 2. The summed E-state index contributed by atoms with van der Waals surface area (Å²) in [5.74, 6) is -2.52. The van der Waals surface area contributed by atoms with Gasteiger partial charge in [-0.1, -0.05) is 0 Å². The van der Waals surface area contributed by atoms with Crippen molar-refractivity contribution in [3.8, 4) is 5.75 Å². The molecule has 1 amide bonds. The summed E-state index contributed by atoms with van der Waals surface area (Å²) in [6.45, 7) is 5.16. The van der Waals surface area contributed by atoms with Gasteiger partial charge in [-0.25, -0.2) is 13.6 Å². The molecular formula is C15H19F2NO4. The lowest BCUT2D eigenvalue weighted by Gasteiger charge is -2.24. The SMILES string of the molecule is CN(CCOc1c(F)cc(C=O)cc1F)C(=O)OC(C)(C)C. The lowest BCUT2D eigenvalue weighted by Crippen LogP contribution is -2.36. The zero-order valence-corrected chi connectivity index (χ0v) is 13.0. The summed E-state index contributed by atoms with van der Waals surface area (Å²) < 4.78 is 37.3. The Morgan fingerprint density at radius 1 is 1.27 bits per heavy atom. The van der Waals surface area contributed by atoms with Crippen molar-refractivity contribution in [2.75, 3.05) is 20.2 Å². The van der Waals surface area contributed by atoms with Gasteiger partial charge in [0.2, 0.25) is 0 Å². The third-order valence-electron chi connectivity index (χ3n) is 2.53. The molecule has 0 aliphatic rings. The molecule has 22 heavy (non-hydrogen) atoms. The number of nitrogens with zero attached hydrogens (tertiary/aromatic N) is 1. The van der Waals surface area contributed by atoms with E-state index >= 15 is 0 Å². The molecule has 0 spiro atoms. The Hall–Kier alpha value is -2.18. The number of hydrogen-bond donors (Lipinski definition) is 0. The lowest BCUT2D eigenvalue weighted by atomic mass is 10.2. The average Bonchev–Trinajstić information content (AvgIpc) is 2.39. The Labute approximate surface area is 127 Å². The van der Waals surface area contributed by atoms with E-state index in [1.165, 1.54) is 11.9 Å². The van der Waals surface area contributed by atoms with E-state index in [1.807, 2.05) is 0 Å². The molecule has 0 aliphatic carbocycles. The zero-order valence-electron chi connectivity index (χ0n) is 13.0. The Balaban J connectivity index is 2.58. The topological polar surface area (TPSA) is 55.8 Å². The van der Waals surface area contributed by atoms with Crippen LogP contribution in [0.5, 0.6) is 5.75 Å². The molecule has 5 nitrogen and oxygen atoms in total. The van der Waals surface area contributed by atoms with E-state index in [-0.39, 0.29) is 18.7 Å². The molecule has 0 aliphatic heterocycles. The number of benzene rings is 1. The fourth-order valence-electron chi connectivity index (χ4n) is 1.50. The maximum absolute atomic E-state index is 13.6. The van der Waals surface area contributed by atoms with Crippen molar-refractivity contribution in [2.24, 2.45) is 0 Å². The fourth-order valence-corrected chi connectivity index (χ4v) is 1.50. The van der Waals surface area contributed by atoms with Gasteiger partial charge in [-0.2, -0.15) is 0 Å². The molecule has 0 unspecified atom stereocenters. The Kier molecular flexibility index (Phi) is 5.84. The molecule has 0 heterocycles. The van der Waals surface area contributed by atoms with Gasteiger partial charge in [0, 0.05) is 12.6 Å². The van der Waals surface area contributed by atoms with Crippen LogP contribution in [-0.2, 0) is 4.74 Å². The molecule has 0 saturated heterocycles. The first-order valence-corrected chi connectivity index (χ1v) is 6.65. The van der Waals surface area contributed by atoms with Gasteiger partial charge in [0.15, 0.2) is 17.4 Å². The van der Waals surface area contributed by atoms with Crippen molar-refractivity contribution in [3.05, 3.63) is 29.3 Å². The quantitative estimate of drug-likeness (QED) is 0.784. The standard InChI is InChI=1S/C15H19F2NO4/c1-15(2,3)22-14(20)18(4)5-6-21-13-11(16)7-10(9-19)8-12(13)17/h7-9H,5-6H2,1-4H3. The average molecular weight is 315 g/mol. The van der Waals surface area contributed by atoms with Crippen molar-refractivity contribution in [1.82, 2.24) is 4.90 Å². The normalized spacial score (nSPS) is 11.0. The minimum atomic E-state index is -0.970. The Morgan fingerprint density at radius 2 is 1.82 bits per heavy atom. The predicted octanol–water partition coefficient (Wildman–Crippen LogP) is 3.02. The third-order valence-corrected chi connectivity index (χ3v) is 2.53. The zero-order chi connectivity index (χ0) is 16.9. The predicted molar refractivity (Wildman–Crippen MR) is 76.1 cm³/mol. The van der Waals surface area contributed by atoms with E-state index < -0.39 is 29.1 Å². The number of rotatable bonds is 5. The van der Waals surface area contributed by atoms with Crippen molar-refractivity contribution in [1.29, 1.82) is 0 Å². The van der Waals surface area contributed by atoms with Gasteiger partial charge in [-0.3, -0.25) is 4.79 Å². The second-order valence-corrected chi connectivity index (χ2v) is 5.68. The van der Waals surface area contributed by atoms with Gasteiger partial charge < -0.3 is 14.4 Å². The van der Waals surface area contributed by atoms with Gasteiger partial charge in [-0.15, -0.1) is 0 Å². The molecule has 1 aromatic carbocycles. The van der Waals surface area contributed by atoms with Gasteiger partial charge in [0.1, 0.15) is 18.5 Å². The Bertz CT molecular complexity index is 532. The summed E-state index contributed by atoms with van der Waals surface area (Å²) in [7, 11) is 1.49. The van der Waals surface area contributed by atoms with E-state index in [9.17, 15) is 18.4 Å². The molecular weight excluding hydrogens is 296 g/mol. The van der Waals surface area contributed by atoms with Crippen molar-refractivity contribution in [2.45, 2.75) is 26.4 Å². The first-order valence-electron chi connectivity index (χ1n) is 6.65. The summed E-state index contributed by atoms with van der Waals surface area (Å²) in [6, 6.07) is 1.76. The third kappa shape index (κ3) is 5.31. The minimum Gasteiger partial charge on any atom is -0.486 e. The number of likely N-dealkylation sites (N-methyl/N-ethyl adjacent to an activating group) is 1. The number of hydrogen-bond acceptors (Lipinski definition) is 4. The molecule has 7 heteroatoms. The Morgan fingerprint density at radius 3 is 2.27 bits per heavy atom. The molecule has 1 aromatic rings. The van der Waals surface area contributed by atoms with Crippen LogP contribution in [0.25, 0.3) is 0 Å². The van der Waals surface area contributed by atoms with Crippen LogP contribution in [0.3, 0.4) is 0 Å². The number of aldehydes is 1. The van der Waals surface area contributed by atoms with Crippen LogP contribution in [0.4, 0.5) is 13.6 Å². The molecule has 1 rings (SSSR count). The molecule has 0 radical (unpaired) electrons. The smallest absolute Gasteiger partial charge is 0.410 e. The largest absolute Gasteiger partial charge is 0.486 e. The van der Waals surface area contributed by atoms with E-state index in [2.05, 4.69) is 0 Å². The van der Waals surface area contributed by atoms with Gasteiger partial charge in [0.25, 0.3) is 0 Å². The molecule has 0 bridgehead atoms. The van der Waals surface area contributed by atoms with Crippen LogP contribution in [0, 0.1) is 11.6 Å². The maximum atomic E-state index is 13.6. The number of ether oxygens (including phenoxy) is 2. The first kappa shape index (κ1) is 17.9. The number of halogens is 2. The second kappa shape index (κ2) is 7.20. The van der Waals surface area contributed by atoms with Gasteiger partial charge >= 0.3 is 6.09 Å². The molecule has 0 N–H and O–H groups in total. The molecule has 0 fully saturated rings. The monoisotopic (exact) mass is 315 g/mol. The van der Waals surface area contributed by atoms with Crippen LogP contribution < -0.4 is 4.74 Å². The van der Waals surface area contributed by atoms with E-state index in [0.29, 0.717) is 6.29 Å². The summed E-state index contributed by atoms with van der Waals surface area (Å²) in [5.41, 5.74) is -0.747. The lowest BCUT2D eigenvalue weighted by molar-refractivity contribution is 0.0277. The van der Waals surface area contributed by atoms with Gasteiger partial charge in [-0.05, 0) is 32.9 Å². The maximum Gasteiger partial charge on any atom is 0.410 e. The van der Waals surface area contributed by atoms with Gasteiger partial charge in [0.05, 0.1) is 6.54 Å². The van der Waals surface area contributed by atoms with Crippen molar-refractivity contribution >= 4 is 12.4 Å². The molecule has 0 aromatic heterocycles. The first-order chi connectivity index (χ1) is 10.1. The van der Waals surface area contributed by atoms with Crippen LogP contribution in [-0.4, -0.2) is 43.1 Å². The molecule has 122 valence electrons. The highest BCUT2D eigenvalue weighted by Crippen LogP contribution is 2.22. The highest BCUT2D eigenvalue weighted by molar-refractivity contribution is 5.75. The highest BCUT2D eigenvalue weighted by Gasteiger charge is 2.20. The number of carbonyl (C=O) groups is 2. The van der Waals surface area contributed by atoms with Crippen molar-refractivity contribution < 1.29 is 27.8 Å². The summed E-state index contributed by atoms with van der Waals surface area (Å²) >= 11 is 0. The van der Waals surface area contributed by atoms with Crippen LogP contribution in [0.15, 0.2) is 12.1 Å². The second-order valence-electron chi connectivity index (χ2n) is 5.68. The minimum absolute atomic E-state index is 0.0865. The van der Waals surface area contributed by atoms with Crippen LogP contribution >= 0.6 is 0 Å². The highest BCUT2D eigenvalue weighted by atomic mass is 19.1. The summed E-state index contributed by atoms with van der Waals surface area (Å²) in [6.07, 6.45) is -0.222.